The van der Waals surface area contributed by atoms with Crippen LogP contribution in [0, 0.1) is 32.5 Å². The number of halogens is 1. The Bertz CT molecular complexity index is 1330. The van der Waals surface area contributed by atoms with Gasteiger partial charge in [0.15, 0.2) is 0 Å². The standard InChI is InChI=1S/C33H38FN3O2/c1-21-13-16-27(20-23(21)3)36-32(38)28-11-7-19-37(33(39)30-22(2)8-6-12-29(30)34)31(28)24-14-17-26(18-15-24)35-25-9-4-5-10-25/h6,8,12-18,20,25,28,31,35H,4-5,7,9-11,19H2,1-3H3,(H,36,38)/t28?,31-/m0/s1. The Hall–Kier alpha value is -3.67. The van der Waals surface area contributed by atoms with E-state index in [0.29, 0.717) is 31.0 Å². The van der Waals surface area contributed by atoms with Crippen molar-refractivity contribution in [3.8, 4) is 0 Å². The first-order valence-corrected chi connectivity index (χ1v) is 14.1. The lowest BCUT2D eigenvalue weighted by atomic mass is 9.83. The first-order chi connectivity index (χ1) is 18.8. The molecule has 5 rings (SSSR count). The maximum Gasteiger partial charge on any atom is 0.257 e. The van der Waals surface area contributed by atoms with E-state index >= 15 is 0 Å². The largest absolute Gasteiger partial charge is 0.382 e. The van der Waals surface area contributed by atoms with Crippen LogP contribution in [0.2, 0.25) is 0 Å². The third-order valence-electron chi connectivity index (χ3n) is 8.42. The molecule has 2 amide bonds. The van der Waals surface area contributed by atoms with Crippen LogP contribution < -0.4 is 10.6 Å². The van der Waals surface area contributed by atoms with E-state index in [0.717, 1.165) is 28.1 Å². The van der Waals surface area contributed by atoms with Gasteiger partial charge in [-0.1, -0.05) is 43.2 Å². The van der Waals surface area contributed by atoms with Crippen LogP contribution in [0.3, 0.4) is 0 Å². The minimum atomic E-state index is -0.531. The molecule has 1 unspecified atom stereocenters. The number of hydrogen-bond acceptors (Lipinski definition) is 3. The van der Waals surface area contributed by atoms with Crippen LogP contribution in [0.15, 0.2) is 60.7 Å². The van der Waals surface area contributed by atoms with E-state index in [1.54, 1.807) is 24.0 Å². The number of nitrogens with zero attached hydrogens (tertiary/aromatic N) is 1. The summed E-state index contributed by atoms with van der Waals surface area (Å²) in [5, 5.41) is 6.71. The molecule has 1 heterocycles. The van der Waals surface area contributed by atoms with Crippen LogP contribution in [0.1, 0.15) is 77.2 Å². The number of rotatable bonds is 6. The van der Waals surface area contributed by atoms with E-state index in [4.69, 9.17) is 0 Å². The second-order valence-corrected chi connectivity index (χ2v) is 11.2. The van der Waals surface area contributed by atoms with Crippen LogP contribution >= 0.6 is 0 Å². The van der Waals surface area contributed by atoms with E-state index in [1.165, 1.54) is 31.7 Å². The molecule has 1 saturated heterocycles. The molecule has 2 N–H and O–H groups in total. The van der Waals surface area contributed by atoms with E-state index < -0.39 is 17.8 Å². The van der Waals surface area contributed by atoms with Gasteiger partial charge < -0.3 is 15.5 Å². The van der Waals surface area contributed by atoms with Gasteiger partial charge in [0, 0.05) is 24.0 Å². The Labute approximate surface area is 230 Å². The summed E-state index contributed by atoms with van der Waals surface area (Å²) in [7, 11) is 0. The molecule has 2 aliphatic rings. The Balaban J connectivity index is 1.47. The number of carbonyl (C=O) groups excluding carboxylic acids is 2. The zero-order chi connectivity index (χ0) is 27.5. The van der Waals surface area contributed by atoms with Gasteiger partial charge in [-0.3, -0.25) is 9.59 Å². The highest BCUT2D eigenvalue weighted by Gasteiger charge is 2.40. The maximum atomic E-state index is 14.9. The third kappa shape index (κ3) is 5.85. The number of hydrogen-bond donors (Lipinski definition) is 2. The van der Waals surface area contributed by atoms with Gasteiger partial charge >= 0.3 is 0 Å². The molecule has 0 radical (unpaired) electrons. The zero-order valence-corrected chi connectivity index (χ0v) is 23.1. The van der Waals surface area contributed by atoms with Gasteiger partial charge in [-0.15, -0.1) is 0 Å². The molecule has 39 heavy (non-hydrogen) atoms. The second kappa shape index (κ2) is 11.6. The van der Waals surface area contributed by atoms with Gasteiger partial charge in [0.1, 0.15) is 5.82 Å². The molecule has 1 aliphatic heterocycles. The van der Waals surface area contributed by atoms with E-state index in [9.17, 15) is 14.0 Å². The first kappa shape index (κ1) is 26.9. The SMILES string of the molecule is Cc1ccc(NC(=O)C2CCCN(C(=O)c3c(C)cccc3F)[C@H]2c2ccc(NC3CCCC3)cc2)cc1C. The molecule has 1 saturated carbocycles. The Morgan fingerprint density at radius 2 is 1.54 bits per heavy atom. The lowest BCUT2D eigenvalue weighted by molar-refractivity contribution is -0.123. The van der Waals surface area contributed by atoms with Gasteiger partial charge in [0.05, 0.1) is 17.5 Å². The molecule has 204 valence electrons. The predicted molar refractivity (Wildman–Crippen MR) is 155 cm³/mol. The molecule has 0 aromatic heterocycles. The number of aryl methyl sites for hydroxylation is 3. The molecule has 6 heteroatoms. The van der Waals surface area contributed by atoms with Crippen molar-refractivity contribution < 1.29 is 14.0 Å². The number of carbonyl (C=O) groups is 2. The number of anilines is 2. The summed E-state index contributed by atoms with van der Waals surface area (Å²) in [5.41, 5.74) is 5.60. The number of likely N-dealkylation sites (tertiary alicyclic amines) is 1. The van der Waals surface area contributed by atoms with Crippen molar-refractivity contribution in [3.63, 3.8) is 0 Å². The van der Waals surface area contributed by atoms with Gasteiger partial charge in [0.25, 0.3) is 5.91 Å². The highest BCUT2D eigenvalue weighted by atomic mass is 19.1. The fourth-order valence-corrected chi connectivity index (χ4v) is 6.09. The number of piperidine rings is 1. The summed E-state index contributed by atoms with van der Waals surface area (Å²) in [6.45, 7) is 6.28. The van der Waals surface area contributed by atoms with Crippen molar-refractivity contribution in [1.82, 2.24) is 4.90 Å². The minimum absolute atomic E-state index is 0.0808. The predicted octanol–water partition coefficient (Wildman–Crippen LogP) is 7.34. The Morgan fingerprint density at radius 1 is 0.821 bits per heavy atom. The monoisotopic (exact) mass is 527 g/mol. The van der Waals surface area contributed by atoms with Gasteiger partial charge in [-0.2, -0.15) is 0 Å². The molecular formula is C33H38FN3O2. The van der Waals surface area contributed by atoms with E-state index in [2.05, 4.69) is 10.6 Å². The summed E-state index contributed by atoms with van der Waals surface area (Å²) in [5.74, 6) is -1.49. The third-order valence-corrected chi connectivity index (χ3v) is 8.42. The van der Waals surface area contributed by atoms with Gasteiger partial charge in [0.2, 0.25) is 5.91 Å². The van der Waals surface area contributed by atoms with E-state index in [1.807, 2.05) is 56.3 Å². The van der Waals surface area contributed by atoms with Gasteiger partial charge in [-0.25, -0.2) is 4.39 Å². The van der Waals surface area contributed by atoms with Crippen molar-refractivity contribution in [2.45, 2.75) is 71.4 Å². The molecule has 1 aliphatic carbocycles. The summed E-state index contributed by atoms with van der Waals surface area (Å²) < 4.78 is 14.9. The molecule has 0 bridgehead atoms. The Morgan fingerprint density at radius 3 is 2.23 bits per heavy atom. The van der Waals surface area contributed by atoms with E-state index in [-0.39, 0.29) is 17.4 Å². The summed E-state index contributed by atoms with van der Waals surface area (Å²) in [4.78, 5) is 29.3. The average molecular weight is 528 g/mol. The zero-order valence-electron chi connectivity index (χ0n) is 23.1. The van der Waals surface area contributed by atoms with Crippen LogP contribution in [0.25, 0.3) is 0 Å². The normalized spacial score (nSPS) is 19.6. The first-order valence-electron chi connectivity index (χ1n) is 14.1. The molecule has 3 aromatic carbocycles. The van der Waals surface area contributed by atoms with Gasteiger partial charge in [-0.05, 0) is 99.0 Å². The smallest absolute Gasteiger partial charge is 0.257 e. The van der Waals surface area contributed by atoms with Crippen molar-refractivity contribution >= 4 is 23.2 Å². The fraction of sp³-hybridized carbons (Fsp3) is 0.394. The Kier molecular flexibility index (Phi) is 8.01. The molecule has 2 atom stereocenters. The van der Waals surface area contributed by atoms with Crippen LogP contribution in [-0.2, 0) is 4.79 Å². The second-order valence-electron chi connectivity index (χ2n) is 11.2. The number of nitrogens with one attached hydrogen (secondary N) is 2. The summed E-state index contributed by atoms with van der Waals surface area (Å²) in [6, 6.07) is 18.7. The topological polar surface area (TPSA) is 61.4 Å². The highest BCUT2D eigenvalue weighted by Crippen LogP contribution is 2.39. The lowest BCUT2D eigenvalue weighted by Gasteiger charge is -2.41. The maximum absolute atomic E-state index is 14.9. The summed E-state index contributed by atoms with van der Waals surface area (Å²) >= 11 is 0. The molecule has 3 aromatic rings. The lowest BCUT2D eigenvalue weighted by Crippen LogP contribution is -2.46. The highest BCUT2D eigenvalue weighted by molar-refractivity contribution is 5.98. The summed E-state index contributed by atoms with van der Waals surface area (Å²) in [6.07, 6.45) is 6.17. The minimum Gasteiger partial charge on any atom is -0.382 e. The molecular weight excluding hydrogens is 489 g/mol. The van der Waals surface area contributed by atoms with Crippen LogP contribution in [-0.4, -0.2) is 29.3 Å². The number of amides is 2. The van der Waals surface area contributed by atoms with Crippen molar-refractivity contribution in [2.24, 2.45) is 5.92 Å². The average Bonchev–Trinajstić information content (AvgIpc) is 3.44. The van der Waals surface area contributed by atoms with Crippen LogP contribution in [0.5, 0.6) is 0 Å². The molecule has 5 nitrogen and oxygen atoms in total. The number of benzene rings is 3. The molecule has 0 spiro atoms. The molecule has 2 fully saturated rings. The quantitative estimate of drug-likeness (QED) is 0.353. The van der Waals surface area contributed by atoms with Crippen molar-refractivity contribution in [2.75, 3.05) is 17.2 Å². The van der Waals surface area contributed by atoms with Crippen molar-refractivity contribution in [1.29, 1.82) is 0 Å². The fourth-order valence-electron chi connectivity index (χ4n) is 6.09. The van der Waals surface area contributed by atoms with Crippen LogP contribution in [0.4, 0.5) is 15.8 Å². The van der Waals surface area contributed by atoms with Crippen molar-refractivity contribution in [3.05, 3.63) is 94.3 Å².